The van der Waals surface area contributed by atoms with Crippen molar-refractivity contribution in [3.8, 4) is 0 Å². The zero-order valence-corrected chi connectivity index (χ0v) is 8.19. The van der Waals surface area contributed by atoms with Crippen molar-refractivity contribution in [1.29, 1.82) is 0 Å². The fourth-order valence-corrected chi connectivity index (χ4v) is 1.39. The van der Waals surface area contributed by atoms with Crippen LogP contribution in [0.4, 0.5) is 5.82 Å². The highest BCUT2D eigenvalue weighted by molar-refractivity contribution is 5.93. The van der Waals surface area contributed by atoms with Crippen molar-refractivity contribution in [2.45, 2.75) is 0 Å². The summed E-state index contributed by atoms with van der Waals surface area (Å²) in [6.07, 6.45) is 0. The molecule has 1 heterocycles. The lowest BCUT2D eigenvalue weighted by Gasteiger charge is -2.02. The summed E-state index contributed by atoms with van der Waals surface area (Å²) >= 11 is 0. The summed E-state index contributed by atoms with van der Waals surface area (Å²) in [5.41, 5.74) is 0.935. The molecule has 0 bridgehead atoms. The number of nitrogens with one attached hydrogen (secondary N) is 1. The van der Waals surface area contributed by atoms with Crippen LogP contribution >= 0.6 is 0 Å². The van der Waals surface area contributed by atoms with Gasteiger partial charge in [-0.2, -0.15) is 0 Å². The summed E-state index contributed by atoms with van der Waals surface area (Å²) < 4.78 is 0. The summed E-state index contributed by atoms with van der Waals surface area (Å²) in [4.78, 5) is 15.0. The molecule has 0 aliphatic rings. The van der Waals surface area contributed by atoms with Gasteiger partial charge in [0, 0.05) is 12.4 Å². The van der Waals surface area contributed by atoms with Crippen LogP contribution in [0.5, 0.6) is 0 Å². The number of nitrogens with zero attached hydrogens (tertiary/aromatic N) is 1. The van der Waals surface area contributed by atoms with Crippen LogP contribution in [0.25, 0.3) is 10.9 Å². The van der Waals surface area contributed by atoms with E-state index >= 15 is 0 Å². The van der Waals surface area contributed by atoms with E-state index in [2.05, 4.69) is 10.3 Å². The minimum absolute atomic E-state index is 0.253. The lowest BCUT2D eigenvalue weighted by atomic mass is 10.1. The number of fused-ring (bicyclic) bond motifs is 1. The number of benzene rings is 1. The van der Waals surface area contributed by atoms with Crippen LogP contribution in [-0.2, 0) is 0 Å². The van der Waals surface area contributed by atoms with Crippen molar-refractivity contribution in [2.75, 3.05) is 12.4 Å². The Kier molecular flexibility index (Phi) is 2.25. The fraction of sp³-hybridized carbons (Fsp3) is 0.0909. The Morgan fingerprint density at radius 2 is 2.07 bits per heavy atom. The lowest BCUT2D eigenvalue weighted by Crippen LogP contribution is -1.97. The molecular formula is C11H10N2O2. The van der Waals surface area contributed by atoms with Crippen molar-refractivity contribution in [3.63, 3.8) is 0 Å². The first-order valence-electron chi connectivity index (χ1n) is 4.52. The molecule has 15 heavy (non-hydrogen) atoms. The molecule has 0 unspecified atom stereocenters. The Labute approximate surface area is 86.6 Å². The Morgan fingerprint density at radius 3 is 2.73 bits per heavy atom. The molecule has 4 nitrogen and oxygen atoms in total. The van der Waals surface area contributed by atoms with E-state index in [9.17, 15) is 4.79 Å². The normalized spacial score (nSPS) is 10.2. The van der Waals surface area contributed by atoms with Gasteiger partial charge < -0.3 is 10.4 Å². The zero-order chi connectivity index (χ0) is 10.8. The van der Waals surface area contributed by atoms with Gasteiger partial charge in [-0.1, -0.05) is 6.07 Å². The van der Waals surface area contributed by atoms with Crippen LogP contribution in [0.2, 0.25) is 0 Å². The van der Waals surface area contributed by atoms with E-state index in [-0.39, 0.29) is 5.56 Å². The molecule has 0 saturated carbocycles. The predicted molar refractivity (Wildman–Crippen MR) is 58.2 cm³/mol. The fourth-order valence-electron chi connectivity index (χ4n) is 1.39. The summed E-state index contributed by atoms with van der Waals surface area (Å²) in [6, 6.07) is 8.65. The van der Waals surface area contributed by atoms with Crippen LogP contribution in [-0.4, -0.2) is 23.1 Å². The number of aromatic carboxylic acids is 1. The molecule has 1 aromatic carbocycles. The number of carboxylic acids is 1. The van der Waals surface area contributed by atoms with Gasteiger partial charge >= 0.3 is 5.97 Å². The second-order valence-corrected chi connectivity index (χ2v) is 3.16. The first kappa shape index (κ1) is 9.45. The Bertz CT molecular complexity index is 523. The van der Waals surface area contributed by atoms with E-state index in [0.717, 1.165) is 11.2 Å². The van der Waals surface area contributed by atoms with E-state index < -0.39 is 5.97 Å². The molecule has 0 spiro atoms. The van der Waals surface area contributed by atoms with Crippen molar-refractivity contribution in [2.24, 2.45) is 0 Å². The highest BCUT2D eigenvalue weighted by Crippen LogP contribution is 2.16. The summed E-state index contributed by atoms with van der Waals surface area (Å²) in [5, 5.41) is 12.7. The molecule has 2 aromatic rings. The molecule has 2 rings (SSSR count). The molecule has 4 heteroatoms. The molecule has 0 aliphatic carbocycles. The molecule has 1 aromatic heterocycles. The topological polar surface area (TPSA) is 62.2 Å². The van der Waals surface area contributed by atoms with Crippen LogP contribution in [0.1, 0.15) is 10.4 Å². The maximum Gasteiger partial charge on any atom is 0.335 e. The average molecular weight is 202 g/mol. The maximum atomic E-state index is 10.8. The van der Waals surface area contributed by atoms with E-state index in [1.165, 1.54) is 0 Å². The SMILES string of the molecule is CNc1ccc2ccc(C(=O)O)cc2n1. The van der Waals surface area contributed by atoms with E-state index in [1.807, 2.05) is 12.1 Å². The standard InChI is InChI=1S/C11H10N2O2/c1-12-10-5-4-7-2-3-8(11(14)15)6-9(7)13-10/h2-6H,1H3,(H,12,13)(H,14,15). The molecule has 2 N–H and O–H groups in total. The minimum atomic E-state index is -0.937. The number of carbonyl (C=O) groups is 1. The molecule has 0 amide bonds. The van der Waals surface area contributed by atoms with Gasteiger partial charge in [-0.05, 0) is 24.3 Å². The smallest absolute Gasteiger partial charge is 0.335 e. The average Bonchev–Trinajstić information content (AvgIpc) is 2.27. The van der Waals surface area contributed by atoms with Gasteiger partial charge in [-0.3, -0.25) is 0 Å². The second-order valence-electron chi connectivity index (χ2n) is 3.16. The van der Waals surface area contributed by atoms with Gasteiger partial charge in [0.05, 0.1) is 11.1 Å². The molecular weight excluding hydrogens is 192 g/mol. The number of pyridine rings is 1. The number of rotatable bonds is 2. The van der Waals surface area contributed by atoms with Crippen LogP contribution in [0.3, 0.4) is 0 Å². The predicted octanol–water partition coefficient (Wildman–Crippen LogP) is 1.97. The highest BCUT2D eigenvalue weighted by Gasteiger charge is 2.04. The van der Waals surface area contributed by atoms with Gasteiger partial charge in [0.15, 0.2) is 0 Å². The highest BCUT2D eigenvalue weighted by atomic mass is 16.4. The molecule has 0 radical (unpaired) electrons. The van der Waals surface area contributed by atoms with Crippen LogP contribution in [0, 0.1) is 0 Å². The van der Waals surface area contributed by atoms with Gasteiger partial charge in [0.2, 0.25) is 0 Å². The zero-order valence-electron chi connectivity index (χ0n) is 8.19. The molecule has 0 fully saturated rings. The van der Waals surface area contributed by atoms with Gasteiger partial charge in [-0.25, -0.2) is 9.78 Å². The van der Waals surface area contributed by atoms with Crippen molar-refractivity contribution < 1.29 is 9.90 Å². The number of anilines is 1. The monoisotopic (exact) mass is 202 g/mol. The lowest BCUT2D eigenvalue weighted by molar-refractivity contribution is 0.0697. The summed E-state index contributed by atoms with van der Waals surface area (Å²) in [6.45, 7) is 0. The Morgan fingerprint density at radius 1 is 1.33 bits per heavy atom. The second kappa shape index (κ2) is 3.57. The number of hydrogen-bond donors (Lipinski definition) is 2. The number of aromatic nitrogens is 1. The summed E-state index contributed by atoms with van der Waals surface area (Å²) in [5.74, 6) is -0.210. The van der Waals surface area contributed by atoms with E-state index in [0.29, 0.717) is 5.52 Å². The largest absolute Gasteiger partial charge is 0.478 e. The molecule has 0 saturated heterocycles. The van der Waals surface area contributed by atoms with Crippen molar-refractivity contribution in [3.05, 3.63) is 35.9 Å². The third-order valence-electron chi connectivity index (χ3n) is 2.20. The van der Waals surface area contributed by atoms with Crippen LogP contribution in [0.15, 0.2) is 30.3 Å². The van der Waals surface area contributed by atoms with E-state index in [4.69, 9.17) is 5.11 Å². The minimum Gasteiger partial charge on any atom is -0.478 e. The Hall–Kier alpha value is -2.10. The van der Waals surface area contributed by atoms with Crippen molar-refractivity contribution in [1.82, 2.24) is 4.98 Å². The van der Waals surface area contributed by atoms with Gasteiger partial charge in [0.25, 0.3) is 0 Å². The molecule has 76 valence electrons. The first-order valence-corrected chi connectivity index (χ1v) is 4.52. The van der Waals surface area contributed by atoms with Crippen molar-refractivity contribution >= 4 is 22.7 Å². The van der Waals surface area contributed by atoms with Crippen LogP contribution < -0.4 is 5.32 Å². The maximum absolute atomic E-state index is 10.8. The first-order chi connectivity index (χ1) is 7.20. The van der Waals surface area contributed by atoms with Gasteiger partial charge in [-0.15, -0.1) is 0 Å². The molecule has 0 aliphatic heterocycles. The molecule has 0 atom stereocenters. The van der Waals surface area contributed by atoms with Gasteiger partial charge in [0.1, 0.15) is 5.82 Å². The number of hydrogen-bond acceptors (Lipinski definition) is 3. The third-order valence-corrected chi connectivity index (χ3v) is 2.20. The third kappa shape index (κ3) is 1.74. The number of carboxylic acid groups (broad SMARTS) is 1. The Balaban J connectivity index is 2.62. The van der Waals surface area contributed by atoms with E-state index in [1.54, 1.807) is 25.2 Å². The summed E-state index contributed by atoms with van der Waals surface area (Å²) in [7, 11) is 1.77. The quantitative estimate of drug-likeness (QED) is 0.781.